The molecule has 1 aliphatic heterocycles. The van der Waals surface area contributed by atoms with Crippen LogP contribution in [0.5, 0.6) is 0 Å². The number of nitrogens with zero attached hydrogens (tertiary/aromatic N) is 1. The molecule has 0 bridgehead atoms. The first-order valence-corrected chi connectivity index (χ1v) is 12.6. The van der Waals surface area contributed by atoms with Crippen LogP contribution in [0, 0.1) is 47.3 Å². The lowest BCUT2D eigenvalue weighted by molar-refractivity contribution is -0.180. The number of carbonyl (C=O) groups excluding carboxylic acids is 1. The van der Waals surface area contributed by atoms with Gasteiger partial charge in [-0.15, -0.1) is 0 Å². The van der Waals surface area contributed by atoms with E-state index in [0.29, 0.717) is 29.2 Å². The number of aryl methyl sites for hydroxylation is 1. The number of carbonyl (C=O) groups is 1. The largest absolute Gasteiger partial charge is 0.342 e. The number of hydrogen-bond donors (Lipinski definition) is 0. The third-order valence-electron chi connectivity index (χ3n) is 10.6. The van der Waals surface area contributed by atoms with Crippen molar-refractivity contribution in [1.82, 2.24) is 4.90 Å². The molecule has 4 fully saturated rings. The molecule has 1 saturated heterocycles. The van der Waals surface area contributed by atoms with Gasteiger partial charge >= 0.3 is 0 Å². The van der Waals surface area contributed by atoms with Gasteiger partial charge < -0.3 is 4.90 Å². The SMILES string of the molecule is Cc1ccc(CC2C(C)[C@@H]3[C@@H](CC[C@]4(C)CCC[C@@H]34)[C@@]3(C)CCC(=O)N(C)C23)cc1. The van der Waals surface area contributed by atoms with E-state index in [-0.39, 0.29) is 5.41 Å². The summed E-state index contributed by atoms with van der Waals surface area (Å²) >= 11 is 0. The van der Waals surface area contributed by atoms with E-state index in [9.17, 15) is 4.79 Å². The van der Waals surface area contributed by atoms with Crippen LogP contribution in [0.15, 0.2) is 24.3 Å². The van der Waals surface area contributed by atoms with Crippen molar-refractivity contribution in [2.75, 3.05) is 7.05 Å². The van der Waals surface area contributed by atoms with Gasteiger partial charge in [-0.2, -0.15) is 0 Å². The predicted molar refractivity (Wildman–Crippen MR) is 123 cm³/mol. The van der Waals surface area contributed by atoms with Gasteiger partial charge in [0.25, 0.3) is 0 Å². The van der Waals surface area contributed by atoms with Gasteiger partial charge in [0.2, 0.25) is 5.91 Å². The van der Waals surface area contributed by atoms with E-state index in [1.807, 2.05) is 0 Å². The second-order valence-electron chi connectivity index (χ2n) is 12.0. The lowest BCUT2D eigenvalue weighted by Gasteiger charge is -2.66. The molecule has 3 unspecified atom stereocenters. The lowest BCUT2D eigenvalue weighted by Crippen LogP contribution is -2.67. The predicted octanol–water partition coefficient (Wildman–Crippen LogP) is 6.26. The van der Waals surface area contributed by atoms with Gasteiger partial charge in [0.15, 0.2) is 0 Å². The number of piperidine rings is 1. The molecular formula is C28H41NO. The zero-order valence-electron chi connectivity index (χ0n) is 19.8. The third kappa shape index (κ3) is 2.92. The Labute approximate surface area is 183 Å². The normalized spacial score (nSPS) is 45.6. The Balaban J connectivity index is 1.57. The Kier molecular flexibility index (Phi) is 4.88. The number of hydrogen-bond acceptors (Lipinski definition) is 1. The molecule has 2 nitrogen and oxygen atoms in total. The summed E-state index contributed by atoms with van der Waals surface area (Å²) in [4.78, 5) is 15.1. The molecular weight excluding hydrogens is 366 g/mol. The van der Waals surface area contributed by atoms with Gasteiger partial charge in [0.1, 0.15) is 0 Å². The average Bonchev–Trinajstić information content (AvgIpc) is 3.11. The van der Waals surface area contributed by atoms with Crippen molar-refractivity contribution in [2.45, 2.75) is 85.1 Å². The van der Waals surface area contributed by atoms with E-state index in [2.05, 4.69) is 63.9 Å². The molecule has 164 valence electrons. The lowest BCUT2D eigenvalue weighted by atomic mass is 9.42. The van der Waals surface area contributed by atoms with Crippen molar-refractivity contribution in [3.05, 3.63) is 35.4 Å². The monoisotopic (exact) mass is 407 g/mol. The van der Waals surface area contributed by atoms with E-state index in [1.54, 1.807) is 0 Å². The minimum Gasteiger partial charge on any atom is -0.342 e. The van der Waals surface area contributed by atoms with Gasteiger partial charge in [-0.05, 0) is 91.4 Å². The minimum absolute atomic E-state index is 0.277. The van der Waals surface area contributed by atoms with Gasteiger partial charge in [-0.3, -0.25) is 4.79 Å². The Bertz CT molecular complexity index is 814. The molecule has 5 rings (SSSR count). The van der Waals surface area contributed by atoms with E-state index in [1.165, 1.54) is 43.2 Å². The zero-order valence-corrected chi connectivity index (χ0v) is 19.8. The van der Waals surface area contributed by atoms with Gasteiger partial charge in [0, 0.05) is 19.5 Å². The molecule has 4 aliphatic rings. The van der Waals surface area contributed by atoms with Crippen LogP contribution >= 0.6 is 0 Å². The van der Waals surface area contributed by atoms with Crippen LogP contribution in [0.4, 0.5) is 0 Å². The van der Waals surface area contributed by atoms with E-state index >= 15 is 0 Å². The number of benzene rings is 1. The van der Waals surface area contributed by atoms with Crippen molar-refractivity contribution < 1.29 is 4.79 Å². The van der Waals surface area contributed by atoms with Crippen LogP contribution < -0.4 is 0 Å². The average molecular weight is 408 g/mol. The van der Waals surface area contributed by atoms with Crippen LogP contribution in [-0.2, 0) is 11.2 Å². The molecule has 1 amide bonds. The molecule has 0 N–H and O–H groups in total. The summed E-state index contributed by atoms with van der Waals surface area (Å²) in [6.07, 6.45) is 10.1. The highest BCUT2D eigenvalue weighted by Gasteiger charge is 2.63. The smallest absolute Gasteiger partial charge is 0.222 e. The fourth-order valence-electron chi connectivity index (χ4n) is 9.03. The summed E-state index contributed by atoms with van der Waals surface area (Å²) in [6.45, 7) is 9.91. The summed E-state index contributed by atoms with van der Waals surface area (Å²) in [5.41, 5.74) is 3.64. The molecule has 3 aliphatic carbocycles. The molecule has 1 aromatic rings. The third-order valence-corrected chi connectivity index (χ3v) is 10.6. The van der Waals surface area contributed by atoms with Gasteiger partial charge in [0.05, 0.1) is 0 Å². The van der Waals surface area contributed by atoms with Crippen LogP contribution in [0.25, 0.3) is 0 Å². The first-order chi connectivity index (χ1) is 14.2. The molecule has 0 spiro atoms. The van der Waals surface area contributed by atoms with Crippen molar-refractivity contribution in [1.29, 1.82) is 0 Å². The molecule has 0 radical (unpaired) electrons. The maximum Gasteiger partial charge on any atom is 0.222 e. The highest BCUT2D eigenvalue weighted by Crippen LogP contribution is 2.67. The molecule has 1 heterocycles. The molecule has 30 heavy (non-hydrogen) atoms. The Morgan fingerprint density at radius 2 is 1.77 bits per heavy atom. The Hall–Kier alpha value is -1.31. The highest BCUT2D eigenvalue weighted by molar-refractivity contribution is 5.77. The second-order valence-corrected chi connectivity index (χ2v) is 12.0. The second kappa shape index (κ2) is 7.10. The summed E-state index contributed by atoms with van der Waals surface area (Å²) in [5, 5.41) is 0. The first kappa shape index (κ1) is 20.6. The number of fused-ring (bicyclic) bond motifs is 5. The van der Waals surface area contributed by atoms with Crippen molar-refractivity contribution in [3.63, 3.8) is 0 Å². The Morgan fingerprint density at radius 3 is 2.50 bits per heavy atom. The van der Waals surface area contributed by atoms with Crippen LogP contribution in [0.3, 0.4) is 0 Å². The zero-order chi connectivity index (χ0) is 21.3. The maximum atomic E-state index is 12.9. The first-order valence-electron chi connectivity index (χ1n) is 12.6. The summed E-state index contributed by atoms with van der Waals surface area (Å²) in [5.74, 6) is 4.15. The fraction of sp³-hybridized carbons (Fsp3) is 0.750. The minimum atomic E-state index is 0.277. The van der Waals surface area contributed by atoms with Crippen molar-refractivity contribution in [3.8, 4) is 0 Å². The molecule has 1 aromatic carbocycles. The highest BCUT2D eigenvalue weighted by atomic mass is 16.2. The van der Waals surface area contributed by atoms with Gasteiger partial charge in [-0.1, -0.05) is 57.0 Å². The Morgan fingerprint density at radius 1 is 1.03 bits per heavy atom. The van der Waals surface area contributed by atoms with Crippen LogP contribution in [0.1, 0.15) is 76.8 Å². The van der Waals surface area contributed by atoms with Gasteiger partial charge in [-0.25, -0.2) is 0 Å². The van der Waals surface area contributed by atoms with Crippen molar-refractivity contribution in [2.24, 2.45) is 40.4 Å². The van der Waals surface area contributed by atoms with E-state index < -0.39 is 0 Å². The maximum absolute atomic E-state index is 12.9. The quantitative estimate of drug-likeness (QED) is 0.566. The molecule has 2 heteroatoms. The van der Waals surface area contributed by atoms with Crippen LogP contribution in [0.2, 0.25) is 0 Å². The van der Waals surface area contributed by atoms with E-state index in [4.69, 9.17) is 0 Å². The standard InChI is InChI=1S/C28H41NO/c1-18-8-10-20(11-9-18)17-21-19(2)25-22-7-6-14-27(22,3)15-12-23(25)28(4)16-13-24(30)29(5)26(21)28/h8-11,19,21-23,25-26H,6-7,12-17H2,1-5H3/t19?,21?,22-,23+,25-,26?,27-,28+/m0/s1. The molecule has 3 saturated carbocycles. The van der Waals surface area contributed by atoms with Crippen LogP contribution in [-0.4, -0.2) is 23.9 Å². The number of likely N-dealkylation sites (tertiary alicyclic amines) is 1. The molecule has 8 atom stereocenters. The van der Waals surface area contributed by atoms with E-state index in [0.717, 1.165) is 37.0 Å². The van der Waals surface area contributed by atoms with Crippen molar-refractivity contribution >= 4 is 5.91 Å². The summed E-state index contributed by atoms with van der Waals surface area (Å²) < 4.78 is 0. The summed E-state index contributed by atoms with van der Waals surface area (Å²) in [6, 6.07) is 9.57. The fourth-order valence-corrected chi connectivity index (χ4v) is 9.03. The number of rotatable bonds is 2. The summed E-state index contributed by atoms with van der Waals surface area (Å²) in [7, 11) is 2.11. The molecule has 0 aromatic heterocycles. The number of amides is 1. The topological polar surface area (TPSA) is 20.3 Å².